The van der Waals surface area contributed by atoms with Crippen molar-refractivity contribution >= 4 is 17.7 Å². The van der Waals surface area contributed by atoms with Crippen molar-refractivity contribution in [3.63, 3.8) is 0 Å². The Morgan fingerprint density at radius 2 is 2.11 bits per heavy atom. The van der Waals surface area contributed by atoms with E-state index in [1.807, 2.05) is 17.8 Å². The molecule has 0 bridgehead atoms. The average molecular weight is 395 g/mol. The van der Waals surface area contributed by atoms with Gasteiger partial charge < -0.3 is 14.3 Å². The lowest BCUT2D eigenvalue weighted by Gasteiger charge is -2.09. The molecule has 1 aromatic carbocycles. The van der Waals surface area contributed by atoms with Gasteiger partial charge in [-0.3, -0.25) is 4.79 Å². The molecule has 0 spiro atoms. The molecule has 0 atom stereocenters. The minimum Gasteiger partial charge on any atom is -0.455 e. The fourth-order valence-corrected chi connectivity index (χ4v) is 3.16. The summed E-state index contributed by atoms with van der Waals surface area (Å²) in [5.41, 5.74) is -0.392. The Morgan fingerprint density at radius 1 is 1.30 bits per heavy atom. The number of nitrogens with zero attached hydrogens (tertiary/aromatic N) is 2. The standard InChI is InChI=1S/C18H16F3N3O2S/c1-24-8-7-22-17(24)27-11-14-5-6-15(26-14)16(25)23-10-12-3-2-4-13(9-12)18(19,20)21/h2-9H,10-11H2,1H3,(H,23,25). The number of hydrogen-bond acceptors (Lipinski definition) is 4. The highest BCUT2D eigenvalue weighted by atomic mass is 32.2. The predicted molar refractivity (Wildman–Crippen MR) is 94.1 cm³/mol. The summed E-state index contributed by atoms with van der Waals surface area (Å²) in [4.78, 5) is 16.3. The first kappa shape index (κ1) is 19.1. The van der Waals surface area contributed by atoms with Crippen LogP contribution in [0.1, 0.15) is 27.4 Å². The largest absolute Gasteiger partial charge is 0.455 e. The number of halogens is 3. The summed E-state index contributed by atoms with van der Waals surface area (Å²) in [6.07, 6.45) is -0.894. The number of alkyl halides is 3. The molecule has 0 aliphatic carbocycles. The summed E-state index contributed by atoms with van der Waals surface area (Å²) >= 11 is 1.47. The van der Waals surface area contributed by atoms with Crippen LogP contribution in [0.2, 0.25) is 0 Å². The second-order valence-electron chi connectivity index (χ2n) is 5.76. The molecule has 0 aliphatic rings. The molecule has 2 aromatic heterocycles. The summed E-state index contributed by atoms with van der Waals surface area (Å²) in [6.45, 7) is -0.0270. The SMILES string of the molecule is Cn1ccnc1SCc1ccc(C(=O)NCc2cccc(C(F)(F)F)c2)o1. The maximum Gasteiger partial charge on any atom is 0.416 e. The number of amides is 1. The number of rotatable bonds is 6. The van der Waals surface area contributed by atoms with Crippen molar-refractivity contribution in [2.45, 2.75) is 23.6 Å². The predicted octanol–water partition coefficient (Wildman–Crippen LogP) is 4.25. The van der Waals surface area contributed by atoms with Crippen molar-refractivity contribution in [1.29, 1.82) is 0 Å². The minimum absolute atomic E-state index is 0.0270. The molecule has 2 heterocycles. The van der Waals surface area contributed by atoms with Gasteiger partial charge in [-0.15, -0.1) is 0 Å². The molecule has 3 rings (SSSR count). The van der Waals surface area contributed by atoms with Gasteiger partial charge >= 0.3 is 6.18 Å². The van der Waals surface area contributed by atoms with Gasteiger partial charge in [0.1, 0.15) is 5.76 Å². The first-order valence-corrected chi connectivity index (χ1v) is 8.94. The lowest BCUT2D eigenvalue weighted by atomic mass is 10.1. The number of benzene rings is 1. The van der Waals surface area contributed by atoms with Crippen molar-refractivity contribution in [1.82, 2.24) is 14.9 Å². The van der Waals surface area contributed by atoms with Crippen LogP contribution in [0.5, 0.6) is 0 Å². The molecule has 1 amide bonds. The van der Waals surface area contributed by atoms with E-state index in [4.69, 9.17) is 4.42 Å². The highest BCUT2D eigenvalue weighted by molar-refractivity contribution is 7.98. The van der Waals surface area contributed by atoms with Gasteiger partial charge in [0, 0.05) is 26.0 Å². The number of thioether (sulfide) groups is 1. The van der Waals surface area contributed by atoms with Gasteiger partial charge in [-0.25, -0.2) is 4.98 Å². The Balaban J connectivity index is 1.56. The Kier molecular flexibility index (Phi) is 5.59. The third-order valence-electron chi connectivity index (χ3n) is 3.71. The van der Waals surface area contributed by atoms with Crippen LogP contribution in [-0.4, -0.2) is 15.5 Å². The summed E-state index contributed by atoms with van der Waals surface area (Å²) in [5, 5.41) is 3.38. The quantitative estimate of drug-likeness (QED) is 0.634. The smallest absolute Gasteiger partial charge is 0.416 e. The van der Waals surface area contributed by atoms with Crippen molar-refractivity contribution < 1.29 is 22.4 Å². The number of hydrogen-bond donors (Lipinski definition) is 1. The maximum atomic E-state index is 12.7. The van der Waals surface area contributed by atoms with Gasteiger partial charge in [-0.2, -0.15) is 13.2 Å². The topological polar surface area (TPSA) is 60.1 Å². The molecule has 0 unspecified atom stereocenters. The second-order valence-corrected chi connectivity index (χ2v) is 6.70. The fourth-order valence-electron chi connectivity index (χ4n) is 2.33. The van der Waals surface area contributed by atoms with E-state index in [1.54, 1.807) is 12.3 Å². The monoisotopic (exact) mass is 395 g/mol. The van der Waals surface area contributed by atoms with Crippen LogP contribution in [0, 0.1) is 0 Å². The number of imidazole rings is 1. The summed E-state index contributed by atoms with van der Waals surface area (Å²) in [6, 6.07) is 8.06. The number of furan rings is 1. The number of aryl methyl sites for hydroxylation is 1. The zero-order valence-corrected chi connectivity index (χ0v) is 15.1. The van der Waals surface area contributed by atoms with Crippen LogP contribution in [-0.2, 0) is 25.5 Å². The maximum absolute atomic E-state index is 12.7. The van der Waals surface area contributed by atoms with Gasteiger partial charge in [-0.1, -0.05) is 23.9 Å². The number of carbonyl (C=O) groups excluding carboxylic acids is 1. The zero-order valence-electron chi connectivity index (χ0n) is 14.3. The van der Waals surface area contributed by atoms with Gasteiger partial charge in [0.05, 0.1) is 11.3 Å². The highest BCUT2D eigenvalue weighted by Crippen LogP contribution is 2.29. The lowest BCUT2D eigenvalue weighted by molar-refractivity contribution is -0.137. The third-order valence-corrected chi connectivity index (χ3v) is 4.79. The molecule has 0 saturated heterocycles. The van der Waals surface area contributed by atoms with E-state index < -0.39 is 17.6 Å². The molecule has 142 valence electrons. The van der Waals surface area contributed by atoms with Crippen LogP contribution >= 0.6 is 11.8 Å². The number of carbonyl (C=O) groups is 1. The van der Waals surface area contributed by atoms with E-state index in [9.17, 15) is 18.0 Å². The van der Waals surface area contributed by atoms with Crippen molar-refractivity contribution in [3.8, 4) is 0 Å². The molecular formula is C18H16F3N3O2S. The van der Waals surface area contributed by atoms with E-state index in [0.29, 0.717) is 17.1 Å². The van der Waals surface area contributed by atoms with Crippen LogP contribution < -0.4 is 5.32 Å². The molecule has 0 radical (unpaired) electrons. The molecule has 27 heavy (non-hydrogen) atoms. The summed E-state index contributed by atoms with van der Waals surface area (Å²) in [7, 11) is 1.88. The Hall–Kier alpha value is -2.68. The summed E-state index contributed by atoms with van der Waals surface area (Å²) in [5.74, 6) is 0.733. The molecule has 5 nitrogen and oxygen atoms in total. The number of aromatic nitrogens is 2. The number of nitrogens with one attached hydrogen (secondary N) is 1. The van der Waals surface area contributed by atoms with Gasteiger partial charge in [-0.05, 0) is 29.8 Å². The first-order valence-electron chi connectivity index (χ1n) is 7.96. The molecule has 9 heteroatoms. The van der Waals surface area contributed by atoms with E-state index in [1.165, 1.54) is 30.0 Å². The van der Waals surface area contributed by atoms with E-state index >= 15 is 0 Å². The van der Waals surface area contributed by atoms with E-state index in [0.717, 1.165) is 17.3 Å². The van der Waals surface area contributed by atoms with E-state index in [-0.39, 0.29) is 12.3 Å². The zero-order chi connectivity index (χ0) is 19.4. The molecule has 0 fully saturated rings. The van der Waals surface area contributed by atoms with Gasteiger partial charge in [0.25, 0.3) is 5.91 Å². The van der Waals surface area contributed by atoms with E-state index in [2.05, 4.69) is 10.3 Å². The highest BCUT2D eigenvalue weighted by Gasteiger charge is 2.30. The fraction of sp³-hybridized carbons (Fsp3) is 0.222. The Morgan fingerprint density at radius 3 is 2.81 bits per heavy atom. The normalized spacial score (nSPS) is 11.6. The lowest BCUT2D eigenvalue weighted by Crippen LogP contribution is -2.22. The minimum atomic E-state index is -4.42. The van der Waals surface area contributed by atoms with Crippen LogP contribution in [0.3, 0.4) is 0 Å². The molecule has 3 aromatic rings. The molecule has 0 aliphatic heterocycles. The first-order chi connectivity index (χ1) is 12.8. The molecule has 0 saturated carbocycles. The average Bonchev–Trinajstić information content (AvgIpc) is 3.26. The van der Waals surface area contributed by atoms with Crippen LogP contribution in [0.15, 0.2) is 58.4 Å². The van der Waals surface area contributed by atoms with Crippen LogP contribution in [0.25, 0.3) is 0 Å². The molecular weight excluding hydrogens is 379 g/mol. The van der Waals surface area contributed by atoms with Crippen molar-refractivity contribution in [2.24, 2.45) is 7.05 Å². The van der Waals surface area contributed by atoms with Crippen LogP contribution in [0.4, 0.5) is 13.2 Å². The molecule has 1 N–H and O–H groups in total. The summed E-state index contributed by atoms with van der Waals surface area (Å²) < 4.78 is 45.5. The van der Waals surface area contributed by atoms with Gasteiger partial charge in [0.15, 0.2) is 10.9 Å². The Labute approximate surface area is 157 Å². The third kappa shape index (κ3) is 4.94. The Bertz CT molecular complexity index is 934. The van der Waals surface area contributed by atoms with Crippen molar-refractivity contribution in [3.05, 3.63) is 71.4 Å². The van der Waals surface area contributed by atoms with Crippen molar-refractivity contribution in [2.75, 3.05) is 0 Å². The van der Waals surface area contributed by atoms with Gasteiger partial charge in [0.2, 0.25) is 0 Å². The second kappa shape index (κ2) is 7.91.